The van der Waals surface area contributed by atoms with Gasteiger partial charge in [0.05, 0.1) is 19.3 Å². The third-order valence-electron chi connectivity index (χ3n) is 3.98. The van der Waals surface area contributed by atoms with Crippen LogP contribution in [0.2, 0.25) is 0 Å². The molecule has 13 heteroatoms. The lowest BCUT2D eigenvalue weighted by molar-refractivity contribution is -0.335. The summed E-state index contributed by atoms with van der Waals surface area (Å²) in [7, 11) is 0. The van der Waals surface area contributed by atoms with Crippen LogP contribution in [-0.2, 0) is 0 Å². The molecule has 0 aliphatic carbocycles. The average molecular weight is 747 g/mol. The Bertz CT molecular complexity index is 448. The maximum absolute atomic E-state index is 11.9. The van der Waals surface area contributed by atoms with Gasteiger partial charge in [-0.05, 0) is 52.5 Å². The monoisotopic (exact) mass is 747 g/mol. The molecule has 0 bridgehead atoms. The average Bonchev–Trinajstić information content (AvgIpc) is 2.65. The molecular weight excluding hydrogens is 655 g/mol. The number of halogens is 13. The van der Waals surface area contributed by atoms with Crippen molar-refractivity contribution in [1.82, 2.24) is 0 Å². The molecule has 318 valence electrons. The van der Waals surface area contributed by atoms with E-state index >= 15 is 0 Å². The van der Waals surface area contributed by atoms with Gasteiger partial charge in [-0.25, -0.2) is 0 Å². The fraction of sp³-hybridized carbons (Fsp3) is 0.941. The first-order valence-electron chi connectivity index (χ1n) is 9.88. The lowest BCUT2D eigenvalue weighted by Crippen LogP contribution is -2.47. The summed E-state index contributed by atoms with van der Waals surface area (Å²) >= 11 is 0. The normalized spacial score (nSPS) is 8.62. The number of hydrogen-bond acceptors (Lipinski definition) is 0. The van der Waals surface area contributed by atoms with Gasteiger partial charge in [-0.3, -0.25) is 8.78 Å². The first-order chi connectivity index (χ1) is 14.6. The number of alkyl halides is 11. The highest BCUT2D eigenvalue weighted by molar-refractivity contribution is 4.96. The molecule has 0 saturated carbocycles. The van der Waals surface area contributed by atoms with Crippen LogP contribution in [0.4, 0.5) is 57.1 Å². The summed E-state index contributed by atoms with van der Waals surface area (Å²) in [5.74, 6) is -1.15. The van der Waals surface area contributed by atoms with Crippen molar-refractivity contribution in [3.05, 3.63) is 11.7 Å². The van der Waals surface area contributed by atoms with Crippen LogP contribution in [-0.4, -0.2) is 31.9 Å². The Kier molecular flexibility index (Phi) is 173. The Morgan fingerprint density at radius 1 is 0.511 bits per heavy atom. The molecule has 0 spiro atoms. The first kappa shape index (κ1) is 128. The summed E-state index contributed by atoms with van der Waals surface area (Å²) in [4.78, 5) is 0. The Hall–Kier alpha value is -1.17. The zero-order chi connectivity index (χ0) is 28.3. The second-order valence-electron chi connectivity index (χ2n) is 6.46. The molecule has 0 radical (unpaired) electrons. The molecule has 0 N–H and O–H groups in total. The van der Waals surface area contributed by atoms with Crippen LogP contribution in [0.5, 0.6) is 0 Å². The number of allylic oxidation sites excluding steroid dienone is 1. The van der Waals surface area contributed by atoms with Crippen molar-refractivity contribution < 1.29 is 57.1 Å². The summed E-state index contributed by atoms with van der Waals surface area (Å²) in [6.07, 6.45) is -16.4. The fourth-order valence-electron chi connectivity index (χ4n) is 0.927. The van der Waals surface area contributed by atoms with Crippen molar-refractivity contribution in [3.8, 4) is 0 Å². The number of hydrogen-bond donors (Lipinski definition) is 0. The van der Waals surface area contributed by atoms with Crippen LogP contribution in [0.1, 0.15) is 179 Å². The van der Waals surface area contributed by atoms with E-state index in [-0.39, 0.29) is 136 Å². The van der Waals surface area contributed by atoms with Gasteiger partial charge in [-0.15, -0.1) is 0 Å². The highest BCUT2D eigenvalue weighted by Gasteiger charge is 2.66. The van der Waals surface area contributed by atoms with Crippen LogP contribution in [0.15, 0.2) is 11.7 Å². The maximum atomic E-state index is 11.9. The largest absolute Gasteiger partial charge is 0.402 e. The lowest BCUT2D eigenvalue weighted by Gasteiger charge is -2.32. The van der Waals surface area contributed by atoms with Gasteiger partial charge >= 0.3 is 18.5 Å². The molecule has 0 saturated heterocycles. The topological polar surface area (TPSA) is 0 Å². The van der Waals surface area contributed by atoms with E-state index in [4.69, 9.17) is 0 Å². The van der Waals surface area contributed by atoms with Crippen molar-refractivity contribution in [1.29, 1.82) is 0 Å². The van der Waals surface area contributed by atoms with Crippen molar-refractivity contribution in [2.75, 3.05) is 13.3 Å². The number of rotatable bonds is 3. The SMILES string of the molecule is C.C.C.C.C.C.C.C.C.C.C.C.C.C.CCC(C)(C(F)(F)F)C(F)(F)F.CCC(C)=C(F)F.CCC(C)C(F)(F)F.CCF.CCF. The smallest absolute Gasteiger partial charge is 0.251 e. The first-order valence-corrected chi connectivity index (χ1v) is 9.88. The van der Waals surface area contributed by atoms with Gasteiger partial charge in [-0.2, -0.15) is 48.3 Å². The van der Waals surface area contributed by atoms with E-state index in [1.807, 2.05) is 0 Å². The second-order valence-corrected chi connectivity index (χ2v) is 6.46. The van der Waals surface area contributed by atoms with Gasteiger partial charge in [-0.1, -0.05) is 132 Å². The predicted octanol–water partition coefficient (Wildman–Crippen LogP) is 19.5. The standard InChI is InChI=1S/C6H8F6.C5H9F3.C5H8F2.2C2H5F.14CH4/c1-3-4(2,5(7,8)9)6(10,11)12;1-3-4(2)5(6,7)8;1-3-4(2)5(6)7;2*1-2-3;;;;;;;;;;;;;;/h3H2,1-2H3;4H,3H2,1-2H3;3H2,1-2H3;2*2H2,1H3;14*1H4. The molecule has 0 aromatic rings. The van der Waals surface area contributed by atoms with Gasteiger partial charge in [0.2, 0.25) is 0 Å². The van der Waals surface area contributed by atoms with Crippen LogP contribution in [0, 0.1) is 11.3 Å². The molecule has 0 rings (SSSR count). The van der Waals surface area contributed by atoms with Crippen molar-refractivity contribution in [3.63, 3.8) is 0 Å². The Balaban J connectivity index is -0.0000000121. The lowest BCUT2D eigenvalue weighted by atomic mass is 9.86. The Morgan fingerprint density at radius 3 is 0.702 bits per heavy atom. The maximum Gasteiger partial charge on any atom is 0.402 e. The van der Waals surface area contributed by atoms with Crippen LogP contribution < -0.4 is 0 Å². The molecule has 1 unspecified atom stereocenters. The van der Waals surface area contributed by atoms with Crippen molar-refractivity contribution >= 4 is 0 Å². The van der Waals surface area contributed by atoms with Gasteiger partial charge in [0.25, 0.3) is 6.08 Å². The van der Waals surface area contributed by atoms with Crippen LogP contribution >= 0.6 is 0 Å². The predicted molar refractivity (Wildman–Crippen MR) is 199 cm³/mol. The van der Waals surface area contributed by atoms with E-state index in [2.05, 4.69) is 0 Å². The minimum atomic E-state index is -5.24. The summed E-state index contributed by atoms with van der Waals surface area (Å²) in [6, 6.07) is 0. The molecule has 47 heavy (non-hydrogen) atoms. The Morgan fingerprint density at radius 2 is 0.702 bits per heavy atom. The molecule has 0 fully saturated rings. The van der Waals surface area contributed by atoms with Crippen molar-refractivity contribution in [2.45, 2.75) is 197 Å². The van der Waals surface area contributed by atoms with Crippen molar-refractivity contribution in [2.24, 2.45) is 11.3 Å². The second kappa shape index (κ2) is 63.5. The molecule has 0 aromatic carbocycles. The molecule has 0 nitrogen and oxygen atoms in total. The highest BCUT2D eigenvalue weighted by atomic mass is 19.4. The van der Waals surface area contributed by atoms with Gasteiger partial charge in [0.1, 0.15) is 0 Å². The van der Waals surface area contributed by atoms with E-state index in [9.17, 15) is 57.1 Å². The summed E-state index contributed by atoms with van der Waals surface area (Å²) in [5.41, 5.74) is -3.40. The molecule has 0 amide bonds. The molecular formula is C34H91F13. The molecule has 0 aromatic heterocycles. The molecule has 0 heterocycles. The van der Waals surface area contributed by atoms with Crippen LogP contribution in [0.3, 0.4) is 0 Å². The van der Waals surface area contributed by atoms with Gasteiger partial charge in [0, 0.05) is 0 Å². The zero-order valence-electron chi connectivity index (χ0n) is 20.0. The molecule has 0 aliphatic rings. The molecule has 0 aliphatic heterocycles. The minimum absolute atomic E-state index is 0. The summed E-state index contributed by atoms with van der Waals surface area (Å²) in [6.45, 7) is 9.27. The molecule has 1 atom stereocenters. The fourth-order valence-corrected chi connectivity index (χ4v) is 0.927. The minimum Gasteiger partial charge on any atom is -0.251 e. The third kappa shape index (κ3) is 71.9. The third-order valence-corrected chi connectivity index (χ3v) is 3.98. The van der Waals surface area contributed by atoms with E-state index < -0.39 is 42.4 Å². The summed E-state index contributed by atoms with van der Waals surface area (Å²) < 4.78 is 149. The van der Waals surface area contributed by atoms with E-state index in [1.165, 1.54) is 34.6 Å². The highest BCUT2D eigenvalue weighted by Crippen LogP contribution is 2.51. The summed E-state index contributed by atoms with van der Waals surface area (Å²) in [5, 5.41) is 0. The van der Waals surface area contributed by atoms with E-state index in [0.717, 1.165) is 6.92 Å². The van der Waals surface area contributed by atoms with Gasteiger partial charge in [0.15, 0.2) is 5.41 Å². The quantitative estimate of drug-likeness (QED) is 0.252. The van der Waals surface area contributed by atoms with Gasteiger partial charge < -0.3 is 0 Å². The van der Waals surface area contributed by atoms with E-state index in [0.29, 0.717) is 6.42 Å². The zero-order valence-corrected chi connectivity index (χ0v) is 20.0. The van der Waals surface area contributed by atoms with Crippen LogP contribution in [0.25, 0.3) is 0 Å². The Labute approximate surface area is 290 Å². The van der Waals surface area contributed by atoms with E-state index in [1.54, 1.807) is 6.92 Å².